The largest absolute Gasteiger partial charge is 0.307 e. The second-order valence-corrected chi connectivity index (χ2v) is 23.6. The van der Waals surface area contributed by atoms with Crippen molar-refractivity contribution in [2.75, 3.05) is 0 Å². The van der Waals surface area contributed by atoms with Crippen molar-refractivity contribution < 1.29 is 0 Å². The fourth-order valence-electron chi connectivity index (χ4n) is 16.0. The molecule has 0 saturated heterocycles. The van der Waals surface area contributed by atoms with E-state index in [0.717, 1.165) is 51.4 Å². The van der Waals surface area contributed by atoms with Crippen LogP contribution in [0.3, 0.4) is 0 Å². The molecule has 0 bridgehead atoms. The Hall–Kier alpha value is -6.26. The lowest BCUT2D eigenvalue weighted by molar-refractivity contribution is 0.590. The summed E-state index contributed by atoms with van der Waals surface area (Å²) in [6.07, 6.45) is 7.97. The summed E-state index contributed by atoms with van der Waals surface area (Å²) in [5.41, 5.74) is 32.5. The number of benzene rings is 1. The number of fused-ring (bicyclic) bond motifs is 12. The van der Waals surface area contributed by atoms with E-state index in [1.807, 2.05) is 0 Å². The molecule has 10 aromatic heterocycles. The Labute approximate surface area is 409 Å². The van der Waals surface area contributed by atoms with Gasteiger partial charge in [-0.05, 0) is 139 Å². The maximum atomic E-state index is 2.90. The van der Waals surface area contributed by atoms with Crippen LogP contribution in [0, 0.1) is 0 Å². The molecular formula is C66H66N4. The average Bonchev–Trinajstić information content (AvgIpc) is 4.10. The predicted octanol–water partition coefficient (Wildman–Crippen LogP) is 18.0. The highest BCUT2D eigenvalue weighted by atomic mass is 15.1. The van der Waals surface area contributed by atoms with Crippen molar-refractivity contribution in [2.24, 2.45) is 0 Å². The van der Waals surface area contributed by atoms with Crippen LogP contribution in [-0.4, -0.2) is 17.6 Å². The van der Waals surface area contributed by atoms with Gasteiger partial charge in [-0.25, -0.2) is 0 Å². The van der Waals surface area contributed by atoms with Crippen molar-refractivity contribution in [3.05, 3.63) is 104 Å². The highest BCUT2D eigenvalue weighted by Crippen LogP contribution is 2.60. The topological polar surface area (TPSA) is 17.6 Å². The quantitative estimate of drug-likeness (QED) is 0.107. The Balaban J connectivity index is 1.43. The van der Waals surface area contributed by atoms with Crippen LogP contribution in [0.15, 0.2) is 48.5 Å². The van der Waals surface area contributed by atoms with Gasteiger partial charge in [-0.3, -0.25) is 0 Å². The second-order valence-electron chi connectivity index (χ2n) is 23.6. The van der Waals surface area contributed by atoms with Crippen LogP contribution in [0.2, 0.25) is 0 Å². The molecular weight excluding hydrogens is 849 g/mol. The van der Waals surface area contributed by atoms with Gasteiger partial charge in [0, 0.05) is 43.1 Å². The molecule has 0 aliphatic rings. The zero-order valence-electron chi connectivity index (χ0n) is 44.1. The first-order valence-electron chi connectivity index (χ1n) is 27.3. The Kier molecular flexibility index (Phi) is 7.70. The summed E-state index contributed by atoms with van der Waals surface area (Å²) in [5.74, 6) is 0. The number of hydrogen-bond acceptors (Lipinski definition) is 0. The van der Waals surface area contributed by atoms with Gasteiger partial charge in [0.05, 0.1) is 66.2 Å². The highest BCUT2D eigenvalue weighted by Gasteiger charge is 2.40. The van der Waals surface area contributed by atoms with Crippen molar-refractivity contribution in [2.45, 2.75) is 159 Å². The SMILES string of the molecule is CCc1c(CC)c2c3c4ccc(C(C)(C)C)ccc4c4c3c3c5c6c7c(c8ccc(C(C)(C)C)ccc8c7c7c(CC)c(CC)c8c9c(CC)c(CC)c%10c%11c(CC)c(CC)c4n%11c3c(c6n78)n9%10)c1n25. The third kappa shape index (κ3) is 4.17. The number of aryl methyl sites for hydroxylation is 8. The molecule has 0 fully saturated rings. The number of pyridine rings is 4. The van der Waals surface area contributed by atoms with E-state index in [4.69, 9.17) is 0 Å². The van der Waals surface area contributed by atoms with Crippen molar-refractivity contribution in [1.82, 2.24) is 17.6 Å². The van der Waals surface area contributed by atoms with E-state index in [0.29, 0.717) is 0 Å². The van der Waals surface area contributed by atoms with Crippen molar-refractivity contribution in [3.63, 3.8) is 0 Å². The van der Waals surface area contributed by atoms with Crippen molar-refractivity contribution >= 4 is 131 Å². The van der Waals surface area contributed by atoms with E-state index in [9.17, 15) is 0 Å². The minimum atomic E-state index is 0.0175. The Bertz CT molecular complexity index is 4430. The average molecular weight is 915 g/mol. The predicted molar refractivity (Wildman–Crippen MR) is 305 cm³/mol. The lowest BCUT2D eigenvalue weighted by Crippen LogP contribution is -2.10. The maximum Gasteiger partial charge on any atom is 0.0962 e. The Morgan fingerprint density at radius 1 is 0.243 bits per heavy atom. The number of aromatic nitrogens is 4. The first-order valence-corrected chi connectivity index (χ1v) is 27.3. The van der Waals surface area contributed by atoms with Gasteiger partial charge < -0.3 is 17.6 Å². The molecule has 0 aliphatic heterocycles. The lowest BCUT2D eigenvalue weighted by Gasteiger charge is -2.26. The fourth-order valence-corrected chi connectivity index (χ4v) is 16.0. The van der Waals surface area contributed by atoms with Crippen LogP contribution in [0.25, 0.3) is 131 Å². The van der Waals surface area contributed by atoms with E-state index in [2.05, 4.69) is 163 Å². The molecule has 5 aromatic carbocycles. The molecule has 0 N–H and O–H groups in total. The summed E-state index contributed by atoms with van der Waals surface area (Å²) >= 11 is 0. The van der Waals surface area contributed by atoms with Gasteiger partial charge in [0.1, 0.15) is 0 Å². The Morgan fingerprint density at radius 2 is 0.471 bits per heavy atom. The molecule has 4 nitrogen and oxygen atoms in total. The van der Waals surface area contributed by atoms with Gasteiger partial charge in [-0.2, -0.15) is 0 Å². The molecule has 0 aliphatic carbocycles. The monoisotopic (exact) mass is 915 g/mol. The van der Waals surface area contributed by atoms with Crippen LogP contribution in [-0.2, 0) is 62.2 Å². The van der Waals surface area contributed by atoms with Crippen LogP contribution in [0.5, 0.6) is 0 Å². The minimum Gasteiger partial charge on any atom is -0.307 e. The zero-order valence-corrected chi connectivity index (χ0v) is 44.1. The van der Waals surface area contributed by atoms with E-state index >= 15 is 0 Å². The third-order valence-electron chi connectivity index (χ3n) is 18.7. The highest BCUT2D eigenvalue weighted by molar-refractivity contribution is 6.51. The zero-order chi connectivity index (χ0) is 48.3. The molecule has 70 heavy (non-hydrogen) atoms. The summed E-state index contributed by atoms with van der Waals surface area (Å²) in [5, 5.41) is 17.4. The summed E-state index contributed by atoms with van der Waals surface area (Å²) in [7, 11) is 0. The third-order valence-corrected chi connectivity index (χ3v) is 18.7. The molecule has 0 radical (unpaired) electrons. The van der Waals surface area contributed by atoms with E-state index in [1.165, 1.54) is 164 Å². The van der Waals surface area contributed by atoms with Gasteiger partial charge in [-0.1, -0.05) is 145 Å². The van der Waals surface area contributed by atoms with Crippen molar-refractivity contribution in [3.8, 4) is 0 Å². The van der Waals surface area contributed by atoms with Crippen LogP contribution in [0.4, 0.5) is 0 Å². The molecule has 15 rings (SSSR count). The minimum absolute atomic E-state index is 0.0175. The van der Waals surface area contributed by atoms with Gasteiger partial charge in [0.2, 0.25) is 0 Å². The molecule has 350 valence electrons. The molecule has 15 aromatic rings. The molecule has 0 unspecified atom stereocenters. The molecule has 10 heterocycles. The fraction of sp³-hybridized carbons (Fsp3) is 0.364. The smallest absolute Gasteiger partial charge is 0.0962 e. The first kappa shape index (κ1) is 41.5. The summed E-state index contributed by atoms with van der Waals surface area (Å²) in [4.78, 5) is 0. The van der Waals surface area contributed by atoms with Crippen LogP contribution in [0.1, 0.15) is 153 Å². The van der Waals surface area contributed by atoms with Crippen molar-refractivity contribution in [1.29, 1.82) is 0 Å². The maximum absolute atomic E-state index is 2.90. The molecule has 4 heteroatoms. The van der Waals surface area contributed by atoms with Gasteiger partial charge >= 0.3 is 0 Å². The van der Waals surface area contributed by atoms with E-state index < -0.39 is 0 Å². The lowest BCUT2D eigenvalue weighted by atomic mass is 9.88. The van der Waals surface area contributed by atoms with Gasteiger partial charge in [0.25, 0.3) is 0 Å². The molecule has 0 amide bonds. The summed E-state index contributed by atoms with van der Waals surface area (Å²) in [6.45, 7) is 33.7. The molecule has 0 saturated carbocycles. The van der Waals surface area contributed by atoms with Gasteiger partial charge in [0.15, 0.2) is 0 Å². The number of rotatable bonds is 8. The molecule has 0 atom stereocenters. The van der Waals surface area contributed by atoms with Crippen LogP contribution < -0.4 is 0 Å². The Morgan fingerprint density at radius 3 is 0.714 bits per heavy atom. The first-order chi connectivity index (χ1) is 33.8. The number of hydrogen-bond donors (Lipinski definition) is 0. The van der Waals surface area contributed by atoms with E-state index in [1.54, 1.807) is 22.3 Å². The molecule has 0 spiro atoms. The van der Waals surface area contributed by atoms with Crippen LogP contribution >= 0.6 is 0 Å². The number of nitrogens with zero attached hydrogens (tertiary/aromatic N) is 4. The standard InChI is InChI=1S/C66H66N4/c1-15-33-34(16-2)54-46-42-28-24-32(66(12,13)14)26-30-44(42)48-50(46)52-61-51-49-45(53(33)67(54)61)41-27-23-31(65(9,10)11)25-29-43(41)47(49)55-35(17-3)37(19-5)57-59-39(21-7)40(22-8)60-58-38(20-6)36(18-4)56(48)69(58)63(52)64(70(59)60)62(51)68(55)57/h23-30H,15-22H2,1-14H3. The summed E-state index contributed by atoms with van der Waals surface area (Å²) in [6, 6.07) is 20.0. The van der Waals surface area contributed by atoms with E-state index in [-0.39, 0.29) is 10.8 Å². The normalized spacial score (nSPS) is 14.0. The summed E-state index contributed by atoms with van der Waals surface area (Å²) < 4.78 is 11.6. The second kappa shape index (κ2) is 13.0. The van der Waals surface area contributed by atoms with Gasteiger partial charge in [-0.15, -0.1) is 0 Å².